The molecule has 0 bridgehead atoms. The predicted molar refractivity (Wildman–Crippen MR) is 53.3 cm³/mol. The number of amides is 1. The minimum Gasteiger partial charge on any atom is -0.342 e. The molecule has 0 aliphatic carbocycles. The average Bonchev–Trinajstić information content (AvgIpc) is 2.34. The number of alkyl halides is 2. The molecule has 0 spiro atoms. The Bertz CT molecular complexity index is 146. The molecule has 2 nitrogen and oxygen atoms in total. The fraction of sp³-hybridized carbons (Fsp3) is 0.800. The minimum atomic E-state index is 0.0804. The number of nitrogens with one attached hydrogen (secondary N) is 1. The zero-order chi connectivity index (χ0) is 7.56. The lowest BCUT2D eigenvalue weighted by molar-refractivity contribution is 0.260. The van der Waals surface area contributed by atoms with Gasteiger partial charge in [-0.15, -0.1) is 11.6 Å². The second-order valence-electron chi connectivity index (χ2n) is 2.02. The Hall–Kier alpha value is 0.840. The molecule has 1 N–H and O–H groups in total. The van der Waals surface area contributed by atoms with Gasteiger partial charge < -0.3 is 5.32 Å². The van der Waals surface area contributed by atoms with E-state index < -0.39 is 0 Å². The van der Waals surface area contributed by atoms with Crippen LogP contribution in [0, 0.1) is 0 Å². The molecule has 1 saturated heterocycles. The van der Waals surface area contributed by atoms with Gasteiger partial charge in [0.2, 0.25) is 0 Å². The number of halogens is 2. The van der Waals surface area contributed by atoms with Crippen molar-refractivity contribution in [2.24, 2.45) is 0 Å². The van der Waals surface area contributed by atoms with Crippen LogP contribution in [0.4, 0.5) is 4.79 Å². The van der Waals surface area contributed by atoms with Gasteiger partial charge in [0.25, 0.3) is 5.24 Å². The fourth-order valence-electron chi connectivity index (χ4n) is 0.703. The SMILES string of the molecule is O=C1NC(C(I)CCl)CS1. The van der Waals surface area contributed by atoms with Crippen molar-refractivity contribution in [2.45, 2.75) is 9.97 Å². The van der Waals surface area contributed by atoms with Gasteiger partial charge in [-0.1, -0.05) is 34.4 Å². The van der Waals surface area contributed by atoms with Crippen LogP contribution in [0.2, 0.25) is 0 Å². The van der Waals surface area contributed by atoms with Crippen molar-refractivity contribution in [3.8, 4) is 0 Å². The number of carbonyl (C=O) groups is 1. The summed E-state index contributed by atoms with van der Waals surface area (Å²) in [6.45, 7) is 0. The number of hydrogen-bond acceptors (Lipinski definition) is 2. The second-order valence-corrected chi connectivity index (χ2v) is 4.92. The summed E-state index contributed by atoms with van der Waals surface area (Å²) in [5.41, 5.74) is 0. The highest BCUT2D eigenvalue weighted by Crippen LogP contribution is 2.20. The van der Waals surface area contributed by atoms with E-state index in [1.807, 2.05) is 0 Å². The minimum absolute atomic E-state index is 0.0804. The highest BCUT2D eigenvalue weighted by molar-refractivity contribution is 14.1. The molecule has 2 unspecified atom stereocenters. The van der Waals surface area contributed by atoms with Crippen molar-refractivity contribution in [1.29, 1.82) is 0 Å². The smallest absolute Gasteiger partial charge is 0.279 e. The molecule has 0 radical (unpaired) electrons. The first-order valence-corrected chi connectivity index (χ1v) is 5.64. The third-order valence-corrected chi connectivity index (χ3v) is 4.35. The van der Waals surface area contributed by atoms with Crippen molar-refractivity contribution in [2.75, 3.05) is 11.6 Å². The molecule has 58 valence electrons. The van der Waals surface area contributed by atoms with Crippen LogP contribution in [-0.2, 0) is 0 Å². The molecule has 1 fully saturated rings. The van der Waals surface area contributed by atoms with Crippen LogP contribution in [0.15, 0.2) is 0 Å². The van der Waals surface area contributed by atoms with E-state index in [0.29, 0.717) is 9.80 Å². The quantitative estimate of drug-likeness (QED) is 0.621. The summed E-state index contributed by atoms with van der Waals surface area (Å²) in [6, 6.07) is 0.274. The highest BCUT2D eigenvalue weighted by Gasteiger charge is 2.26. The average molecular weight is 292 g/mol. The van der Waals surface area contributed by atoms with Gasteiger partial charge in [-0.25, -0.2) is 0 Å². The summed E-state index contributed by atoms with van der Waals surface area (Å²) < 4.78 is 0.359. The Morgan fingerprint density at radius 3 is 3.10 bits per heavy atom. The zero-order valence-corrected chi connectivity index (χ0v) is 8.87. The van der Waals surface area contributed by atoms with E-state index in [1.54, 1.807) is 0 Å². The van der Waals surface area contributed by atoms with Gasteiger partial charge in [-0.3, -0.25) is 4.79 Å². The third-order valence-electron chi connectivity index (χ3n) is 1.28. The van der Waals surface area contributed by atoms with E-state index in [0.717, 1.165) is 5.75 Å². The molecule has 1 heterocycles. The molecule has 10 heavy (non-hydrogen) atoms. The molecular weight excluding hydrogens is 284 g/mol. The second kappa shape index (κ2) is 4.01. The van der Waals surface area contributed by atoms with Gasteiger partial charge >= 0.3 is 0 Å². The Balaban J connectivity index is 2.36. The largest absolute Gasteiger partial charge is 0.342 e. The molecular formula is C5H7ClINOS. The lowest BCUT2D eigenvalue weighted by Gasteiger charge is -2.12. The van der Waals surface area contributed by atoms with Crippen LogP contribution >= 0.6 is 46.0 Å². The van der Waals surface area contributed by atoms with Gasteiger partial charge in [-0.05, 0) is 0 Å². The van der Waals surface area contributed by atoms with Crippen LogP contribution in [0.3, 0.4) is 0 Å². The van der Waals surface area contributed by atoms with Crippen molar-refractivity contribution < 1.29 is 4.79 Å². The normalized spacial score (nSPS) is 28.2. The van der Waals surface area contributed by atoms with E-state index in [9.17, 15) is 4.79 Å². The van der Waals surface area contributed by atoms with E-state index in [4.69, 9.17) is 11.6 Å². The molecule has 1 aliphatic rings. The summed E-state index contributed by atoms with van der Waals surface area (Å²) in [4.78, 5) is 10.7. The van der Waals surface area contributed by atoms with Crippen LogP contribution in [0.25, 0.3) is 0 Å². The molecule has 1 aliphatic heterocycles. The molecule has 0 aromatic rings. The van der Waals surface area contributed by atoms with Crippen LogP contribution < -0.4 is 5.32 Å². The number of hydrogen-bond donors (Lipinski definition) is 1. The Morgan fingerprint density at radius 1 is 2.00 bits per heavy atom. The maximum atomic E-state index is 10.7. The first-order chi connectivity index (χ1) is 4.74. The first-order valence-electron chi connectivity index (χ1n) is 2.87. The van der Waals surface area contributed by atoms with Crippen molar-refractivity contribution in [3.05, 3.63) is 0 Å². The summed E-state index contributed by atoms with van der Waals surface area (Å²) >= 11 is 9.20. The predicted octanol–water partition coefficient (Wildman–Crippen LogP) is 1.85. The summed E-state index contributed by atoms with van der Waals surface area (Å²) in [7, 11) is 0. The molecule has 5 heteroatoms. The van der Waals surface area contributed by atoms with Crippen LogP contribution in [0.1, 0.15) is 0 Å². The fourth-order valence-corrected chi connectivity index (χ4v) is 2.58. The number of carbonyl (C=O) groups excluding carboxylic acids is 1. The van der Waals surface area contributed by atoms with Gasteiger partial charge in [0.05, 0.1) is 6.04 Å². The standard InChI is InChI=1S/C5H7ClINOS/c6-1-3(7)4-2-10-5(9)8-4/h3-4H,1-2H2,(H,8,9). The summed E-state index contributed by atoms with van der Waals surface area (Å²) in [5.74, 6) is 1.46. The monoisotopic (exact) mass is 291 g/mol. The maximum Gasteiger partial charge on any atom is 0.279 e. The van der Waals surface area contributed by atoms with E-state index in [-0.39, 0.29) is 11.3 Å². The Labute approximate surface area is 82.6 Å². The summed E-state index contributed by atoms with van der Waals surface area (Å²) in [6.07, 6.45) is 0. The number of rotatable bonds is 2. The molecule has 1 rings (SSSR count). The third kappa shape index (κ3) is 2.17. The Kier molecular flexibility index (Phi) is 3.59. The van der Waals surface area contributed by atoms with Crippen LogP contribution in [-0.4, -0.2) is 26.8 Å². The molecule has 0 aromatic carbocycles. The maximum absolute atomic E-state index is 10.7. The van der Waals surface area contributed by atoms with Crippen molar-refractivity contribution in [1.82, 2.24) is 5.32 Å². The Morgan fingerprint density at radius 2 is 2.70 bits per heavy atom. The van der Waals surface area contributed by atoms with E-state index in [2.05, 4.69) is 27.9 Å². The lowest BCUT2D eigenvalue weighted by atomic mass is 10.3. The highest BCUT2D eigenvalue weighted by atomic mass is 127. The van der Waals surface area contributed by atoms with E-state index >= 15 is 0 Å². The molecule has 0 saturated carbocycles. The first kappa shape index (κ1) is 8.93. The molecule has 2 atom stereocenters. The van der Waals surface area contributed by atoms with Gasteiger partial charge in [0, 0.05) is 15.6 Å². The van der Waals surface area contributed by atoms with E-state index in [1.165, 1.54) is 11.8 Å². The topological polar surface area (TPSA) is 29.1 Å². The van der Waals surface area contributed by atoms with Crippen LogP contribution in [0.5, 0.6) is 0 Å². The summed E-state index contributed by atoms with van der Waals surface area (Å²) in [5, 5.41) is 2.92. The van der Waals surface area contributed by atoms with Gasteiger partial charge in [-0.2, -0.15) is 0 Å². The zero-order valence-electron chi connectivity index (χ0n) is 5.14. The van der Waals surface area contributed by atoms with Crippen molar-refractivity contribution >= 4 is 51.2 Å². The number of thioether (sulfide) groups is 1. The molecule has 1 amide bonds. The lowest BCUT2D eigenvalue weighted by Crippen LogP contribution is -2.35. The van der Waals surface area contributed by atoms with Gasteiger partial charge in [0.15, 0.2) is 0 Å². The van der Waals surface area contributed by atoms with Gasteiger partial charge in [0.1, 0.15) is 0 Å². The molecule has 0 aromatic heterocycles. The van der Waals surface area contributed by atoms with Crippen molar-refractivity contribution in [3.63, 3.8) is 0 Å².